The molecule has 0 fully saturated rings. The third kappa shape index (κ3) is 4.06. The van der Waals surface area contributed by atoms with Crippen LogP contribution in [0.3, 0.4) is 0 Å². The highest BCUT2D eigenvalue weighted by molar-refractivity contribution is 7.98. The van der Waals surface area contributed by atoms with Crippen molar-refractivity contribution in [2.24, 2.45) is 0 Å². The van der Waals surface area contributed by atoms with E-state index in [1.54, 1.807) is 13.2 Å². The zero-order valence-electron chi connectivity index (χ0n) is 9.35. The maximum Gasteiger partial charge on any atom is 0.142 e. The lowest BCUT2D eigenvalue weighted by molar-refractivity contribution is 0.408. The van der Waals surface area contributed by atoms with Gasteiger partial charge >= 0.3 is 0 Å². The van der Waals surface area contributed by atoms with Crippen LogP contribution in [0.15, 0.2) is 12.1 Å². The molecule has 0 spiro atoms. The molecule has 1 aromatic rings. The fourth-order valence-electron chi connectivity index (χ4n) is 1.37. The summed E-state index contributed by atoms with van der Waals surface area (Å²) in [5.74, 6) is 1.78. The first-order chi connectivity index (χ1) is 7.69. The number of nitrogens with one attached hydrogen (secondary N) is 1. The number of methoxy groups -OCH3 is 1. The second kappa shape index (κ2) is 7.28. The van der Waals surface area contributed by atoms with Crippen LogP contribution in [-0.4, -0.2) is 25.7 Å². The van der Waals surface area contributed by atoms with Crippen molar-refractivity contribution < 1.29 is 4.74 Å². The Morgan fingerprint density at radius 3 is 2.75 bits per heavy atom. The molecule has 0 amide bonds. The molecule has 2 nitrogen and oxygen atoms in total. The predicted molar refractivity (Wildman–Crippen MR) is 73.1 cm³/mol. The number of hydrogen-bond donors (Lipinski definition) is 1. The SMILES string of the molecule is COc1c(Cl)cc(Cl)cc1CNCCSC. The van der Waals surface area contributed by atoms with Crippen LogP contribution in [0.2, 0.25) is 10.0 Å². The largest absolute Gasteiger partial charge is 0.495 e. The standard InChI is InChI=1S/C11H15Cl2NOS/c1-15-11-8(7-14-3-4-16-2)5-9(12)6-10(11)13/h5-6,14H,3-4,7H2,1-2H3. The molecule has 0 aromatic heterocycles. The average molecular weight is 280 g/mol. The smallest absolute Gasteiger partial charge is 0.142 e. The van der Waals surface area contributed by atoms with E-state index in [-0.39, 0.29) is 0 Å². The summed E-state index contributed by atoms with van der Waals surface area (Å²) < 4.78 is 5.25. The lowest BCUT2D eigenvalue weighted by Crippen LogP contribution is -2.17. The molecule has 0 bridgehead atoms. The Bertz CT molecular complexity index is 347. The summed E-state index contributed by atoms with van der Waals surface area (Å²) in [6.45, 7) is 1.67. The number of rotatable bonds is 6. The normalized spacial score (nSPS) is 10.5. The van der Waals surface area contributed by atoms with Gasteiger partial charge in [-0.15, -0.1) is 0 Å². The van der Waals surface area contributed by atoms with Crippen LogP contribution in [0.5, 0.6) is 5.75 Å². The number of halogens is 2. The Labute approximate surface area is 111 Å². The van der Waals surface area contributed by atoms with Crippen LogP contribution in [0.25, 0.3) is 0 Å². The Morgan fingerprint density at radius 2 is 2.12 bits per heavy atom. The van der Waals surface area contributed by atoms with E-state index in [0.717, 1.165) is 17.9 Å². The van der Waals surface area contributed by atoms with Crippen molar-refractivity contribution >= 4 is 35.0 Å². The van der Waals surface area contributed by atoms with E-state index in [4.69, 9.17) is 27.9 Å². The molecule has 1 aromatic carbocycles. The Balaban J connectivity index is 2.69. The highest BCUT2D eigenvalue weighted by Gasteiger charge is 2.09. The summed E-state index contributed by atoms with van der Waals surface area (Å²) in [5.41, 5.74) is 0.987. The molecule has 0 aliphatic heterocycles. The zero-order chi connectivity index (χ0) is 12.0. The first-order valence-corrected chi connectivity index (χ1v) is 7.05. The minimum atomic E-state index is 0.552. The molecule has 0 aliphatic carbocycles. The van der Waals surface area contributed by atoms with Gasteiger partial charge in [-0.05, 0) is 18.4 Å². The topological polar surface area (TPSA) is 21.3 Å². The molecule has 0 heterocycles. The molecule has 0 radical (unpaired) electrons. The molecular formula is C11H15Cl2NOS. The van der Waals surface area contributed by atoms with E-state index in [2.05, 4.69) is 11.6 Å². The summed E-state index contributed by atoms with van der Waals surface area (Å²) >= 11 is 13.8. The first kappa shape index (κ1) is 14.0. The second-order valence-corrected chi connectivity index (χ2v) is 5.08. The van der Waals surface area contributed by atoms with Gasteiger partial charge in [-0.25, -0.2) is 0 Å². The maximum absolute atomic E-state index is 6.03. The van der Waals surface area contributed by atoms with Crippen molar-refractivity contribution in [3.05, 3.63) is 27.7 Å². The van der Waals surface area contributed by atoms with Gasteiger partial charge in [0.25, 0.3) is 0 Å². The molecule has 0 unspecified atom stereocenters. The van der Waals surface area contributed by atoms with Crippen LogP contribution in [0, 0.1) is 0 Å². The first-order valence-electron chi connectivity index (χ1n) is 4.90. The number of benzene rings is 1. The van der Waals surface area contributed by atoms with Crippen LogP contribution in [0.4, 0.5) is 0 Å². The molecule has 16 heavy (non-hydrogen) atoms. The summed E-state index contributed by atoms with van der Waals surface area (Å²) in [7, 11) is 1.61. The van der Waals surface area contributed by atoms with Gasteiger partial charge in [-0.1, -0.05) is 23.2 Å². The zero-order valence-corrected chi connectivity index (χ0v) is 11.7. The summed E-state index contributed by atoms with van der Waals surface area (Å²) in [5, 5.41) is 4.50. The average Bonchev–Trinajstić information content (AvgIpc) is 2.24. The fourth-order valence-corrected chi connectivity index (χ4v) is 2.33. The molecule has 1 rings (SSSR count). The lowest BCUT2D eigenvalue weighted by Gasteiger charge is -2.11. The number of hydrogen-bond acceptors (Lipinski definition) is 3. The third-order valence-corrected chi connectivity index (χ3v) is 3.20. The van der Waals surface area contributed by atoms with Crippen LogP contribution >= 0.6 is 35.0 Å². The van der Waals surface area contributed by atoms with E-state index in [9.17, 15) is 0 Å². The Hall–Kier alpha value is -0.0900. The van der Waals surface area contributed by atoms with Gasteiger partial charge in [0.1, 0.15) is 5.75 Å². The molecule has 0 atom stereocenters. The van der Waals surface area contributed by atoms with Gasteiger partial charge in [0.2, 0.25) is 0 Å². The van der Waals surface area contributed by atoms with Crippen molar-refractivity contribution in [2.75, 3.05) is 25.7 Å². The van der Waals surface area contributed by atoms with Gasteiger partial charge in [-0.2, -0.15) is 11.8 Å². The van der Waals surface area contributed by atoms with E-state index in [1.165, 1.54) is 0 Å². The van der Waals surface area contributed by atoms with Gasteiger partial charge in [0.05, 0.1) is 12.1 Å². The van der Waals surface area contributed by atoms with Crippen molar-refractivity contribution in [1.82, 2.24) is 5.32 Å². The summed E-state index contributed by atoms with van der Waals surface area (Å²) in [6.07, 6.45) is 2.08. The highest BCUT2D eigenvalue weighted by atomic mass is 35.5. The maximum atomic E-state index is 6.03. The Morgan fingerprint density at radius 1 is 1.38 bits per heavy atom. The minimum Gasteiger partial charge on any atom is -0.495 e. The van der Waals surface area contributed by atoms with E-state index < -0.39 is 0 Å². The minimum absolute atomic E-state index is 0.552. The van der Waals surface area contributed by atoms with Gasteiger partial charge < -0.3 is 10.1 Å². The molecule has 0 aliphatic rings. The van der Waals surface area contributed by atoms with Crippen molar-refractivity contribution in [2.45, 2.75) is 6.54 Å². The van der Waals surface area contributed by atoms with Crippen LogP contribution in [0.1, 0.15) is 5.56 Å². The molecule has 90 valence electrons. The summed E-state index contributed by atoms with van der Waals surface area (Å²) in [4.78, 5) is 0. The molecule has 5 heteroatoms. The molecular weight excluding hydrogens is 265 g/mol. The van der Waals surface area contributed by atoms with Crippen molar-refractivity contribution in [3.8, 4) is 5.75 Å². The third-order valence-electron chi connectivity index (χ3n) is 2.09. The van der Waals surface area contributed by atoms with E-state index in [0.29, 0.717) is 22.3 Å². The van der Waals surface area contributed by atoms with Crippen molar-refractivity contribution in [3.63, 3.8) is 0 Å². The van der Waals surface area contributed by atoms with Crippen molar-refractivity contribution in [1.29, 1.82) is 0 Å². The van der Waals surface area contributed by atoms with Gasteiger partial charge in [0, 0.05) is 29.4 Å². The monoisotopic (exact) mass is 279 g/mol. The highest BCUT2D eigenvalue weighted by Crippen LogP contribution is 2.31. The quantitative estimate of drug-likeness (QED) is 0.806. The predicted octanol–water partition coefficient (Wildman–Crippen LogP) is 3.45. The van der Waals surface area contributed by atoms with Crippen LogP contribution < -0.4 is 10.1 Å². The molecule has 0 saturated heterocycles. The summed E-state index contributed by atoms with van der Waals surface area (Å²) in [6, 6.07) is 3.56. The Kier molecular flexibility index (Phi) is 6.36. The lowest BCUT2D eigenvalue weighted by atomic mass is 10.2. The van der Waals surface area contributed by atoms with E-state index >= 15 is 0 Å². The number of thioether (sulfide) groups is 1. The number of ether oxygens (including phenoxy) is 1. The second-order valence-electron chi connectivity index (χ2n) is 3.25. The molecule has 0 saturated carbocycles. The van der Waals surface area contributed by atoms with Crippen LogP contribution in [-0.2, 0) is 6.54 Å². The fraction of sp³-hybridized carbons (Fsp3) is 0.455. The van der Waals surface area contributed by atoms with Gasteiger partial charge in [0.15, 0.2) is 0 Å². The molecule has 1 N–H and O–H groups in total. The van der Waals surface area contributed by atoms with E-state index in [1.807, 2.05) is 17.8 Å². The van der Waals surface area contributed by atoms with Gasteiger partial charge in [-0.3, -0.25) is 0 Å².